The fourth-order valence-corrected chi connectivity index (χ4v) is 0.986. The average Bonchev–Trinajstić information content (AvgIpc) is 2.16. The molecular weight excluding hydrogens is 194 g/mol. The predicted octanol–water partition coefficient (Wildman–Crippen LogP) is 0.997. The molecule has 0 aliphatic heterocycles. The number of aromatic nitrogens is 1. The van der Waals surface area contributed by atoms with Crippen LogP contribution in [0.2, 0.25) is 0 Å². The number of nitrogens with one attached hydrogen (secondary N) is 1. The Labute approximate surface area is 76.8 Å². The van der Waals surface area contributed by atoms with Crippen LogP contribution < -0.4 is 5.56 Å². The lowest BCUT2D eigenvalue weighted by Gasteiger charge is -2.03. The van der Waals surface area contributed by atoms with Crippen LogP contribution in [0.25, 0.3) is 0 Å². The molecule has 6 heteroatoms. The summed E-state index contributed by atoms with van der Waals surface area (Å²) in [6, 6.07) is 2.07. The summed E-state index contributed by atoms with van der Waals surface area (Å²) in [5.41, 5.74) is -2.47. The zero-order chi connectivity index (χ0) is 10.7. The molecule has 0 spiro atoms. The third-order valence-electron chi connectivity index (χ3n) is 1.58. The van der Waals surface area contributed by atoms with Crippen molar-refractivity contribution in [2.45, 2.75) is 6.43 Å². The Hall–Kier alpha value is -2.03. The lowest BCUT2D eigenvalue weighted by atomic mass is 10.1. The van der Waals surface area contributed by atoms with E-state index < -0.39 is 28.8 Å². The van der Waals surface area contributed by atoms with E-state index in [0.717, 1.165) is 0 Å². The number of H-pyrrole nitrogens is 1. The molecule has 14 heavy (non-hydrogen) atoms. The standard InChI is InChI=1S/C8H4F2N2O2/c9-8(10)4-1-7(14)12-6(2-11)5(4)3-13/h1,3,8H,(H,12,14). The minimum atomic E-state index is -2.95. The van der Waals surface area contributed by atoms with Crippen LogP contribution in [0.3, 0.4) is 0 Å². The van der Waals surface area contributed by atoms with Crippen LogP contribution in [0.1, 0.15) is 28.0 Å². The third kappa shape index (κ3) is 1.66. The number of carbonyl (C=O) groups is 1. The first-order chi connectivity index (χ1) is 6.60. The Balaban J connectivity index is 3.57. The largest absolute Gasteiger partial charge is 0.313 e. The maximum Gasteiger partial charge on any atom is 0.264 e. The van der Waals surface area contributed by atoms with Crippen molar-refractivity contribution < 1.29 is 13.6 Å². The number of aromatic amines is 1. The summed E-state index contributed by atoms with van der Waals surface area (Å²) in [5, 5.41) is 8.46. The number of aldehydes is 1. The maximum absolute atomic E-state index is 12.3. The Bertz CT molecular complexity index is 459. The number of rotatable bonds is 2. The van der Waals surface area contributed by atoms with E-state index in [1.54, 1.807) is 0 Å². The first-order valence-electron chi connectivity index (χ1n) is 3.50. The van der Waals surface area contributed by atoms with Gasteiger partial charge in [0.2, 0.25) is 5.56 Å². The van der Waals surface area contributed by atoms with E-state index in [2.05, 4.69) is 0 Å². The fraction of sp³-hybridized carbons (Fsp3) is 0.125. The molecule has 0 radical (unpaired) electrons. The van der Waals surface area contributed by atoms with Gasteiger partial charge in [-0.05, 0) is 0 Å². The first kappa shape index (κ1) is 10.1. The van der Waals surface area contributed by atoms with Gasteiger partial charge in [0.15, 0.2) is 6.29 Å². The van der Waals surface area contributed by atoms with Crippen molar-refractivity contribution in [2.24, 2.45) is 0 Å². The molecule has 0 atom stereocenters. The van der Waals surface area contributed by atoms with Crippen molar-refractivity contribution in [2.75, 3.05) is 0 Å². The van der Waals surface area contributed by atoms with Crippen molar-refractivity contribution in [3.8, 4) is 6.07 Å². The minimum absolute atomic E-state index is 0.121. The summed E-state index contributed by atoms with van der Waals surface area (Å²) < 4.78 is 24.6. The number of hydrogen-bond donors (Lipinski definition) is 1. The fourth-order valence-electron chi connectivity index (χ4n) is 0.986. The molecule has 1 aromatic rings. The van der Waals surface area contributed by atoms with Crippen LogP contribution in [0.5, 0.6) is 0 Å². The summed E-state index contributed by atoms with van der Waals surface area (Å²) >= 11 is 0. The maximum atomic E-state index is 12.3. The summed E-state index contributed by atoms with van der Waals surface area (Å²) in [7, 11) is 0. The zero-order valence-electron chi connectivity index (χ0n) is 6.75. The number of nitrogens with zero attached hydrogens (tertiary/aromatic N) is 1. The highest BCUT2D eigenvalue weighted by atomic mass is 19.3. The van der Waals surface area contributed by atoms with Gasteiger partial charge in [-0.25, -0.2) is 8.78 Å². The van der Waals surface area contributed by atoms with Crippen LogP contribution in [0.15, 0.2) is 10.9 Å². The van der Waals surface area contributed by atoms with E-state index in [0.29, 0.717) is 6.07 Å². The number of halogens is 2. The van der Waals surface area contributed by atoms with E-state index in [4.69, 9.17) is 5.26 Å². The van der Waals surface area contributed by atoms with Gasteiger partial charge in [0.1, 0.15) is 11.8 Å². The molecule has 72 valence electrons. The van der Waals surface area contributed by atoms with Gasteiger partial charge in [0.25, 0.3) is 6.43 Å². The van der Waals surface area contributed by atoms with Crippen molar-refractivity contribution in [1.29, 1.82) is 5.26 Å². The number of alkyl halides is 2. The topological polar surface area (TPSA) is 73.7 Å². The quantitative estimate of drug-likeness (QED) is 0.720. The van der Waals surface area contributed by atoms with Gasteiger partial charge in [-0.3, -0.25) is 9.59 Å². The van der Waals surface area contributed by atoms with Gasteiger partial charge in [-0.2, -0.15) is 5.26 Å². The molecule has 0 aliphatic carbocycles. The molecule has 1 aromatic heterocycles. The van der Waals surface area contributed by atoms with Crippen LogP contribution in [-0.4, -0.2) is 11.3 Å². The lowest BCUT2D eigenvalue weighted by Crippen LogP contribution is -2.12. The van der Waals surface area contributed by atoms with Gasteiger partial charge >= 0.3 is 0 Å². The van der Waals surface area contributed by atoms with Gasteiger partial charge < -0.3 is 4.98 Å². The molecule has 0 aromatic carbocycles. The molecule has 0 saturated carbocycles. The van der Waals surface area contributed by atoms with Crippen molar-refractivity contribution in [3.05, 3.63) is 33.2 Å². The number of nitriles is 1. The van der Waals surface area contributed by atoms with E-state index >= 15 is 0 Å². The van der Waals surface area contributed by atoms with E-state index in [1.807, 2.05) is 4.98 Å². The second kappa shape index (κ2) is 3.79. The molecule has 1 heterocycles. The Morgan fingerprint density at radius 3 is 2.64 bits per heavy atom. The Kier molecular flexibility index (Phi) is 2.72. The second-order valence-corrected chi connectivity index (χ2v) is 2.41. The van der Waals surface area contributed by atoms with Crippen LogP contribution >= 0.6 is 0 Å². The number of pyridine rings is 1. The molecule has 1 rings (SSSR count). The Morgan fingerprint density at radius 1 is 1.57 bits per heavy atom. The van der Waals surface area contributed by atoms with Crippen LogP contribution in [-0.2, 0) is 0 Å². The molecule has 0 bridgehead atoms. The molecule has 4 nitrogen and oxygen atoms in total. The molecule has 0 saturated heterocycles. The van der Waals surface area contributed by atoms with Crippen molar-refractivity contribution >= 4 is 6.29 Å². The summed E-state index contributed by atoms with van der Waals surface area (Å²) in [6.45, 7) is 0. The molecule has 0 amide bonds. The summed E-state index contributed by atoms with van der Waals surface area (Å²) in [5.74, 6) is 0. The SMILES string of the molecule is N#Cc1[nH]c(=O)cc(C(F)F)c1C=O. The smallest absolute Gasteiger partial charge is 0.264 e. The van der Waals surface area contributed by atoms with E-state index in [-0.39, 0.29) is 6.29 Å². The van der Waals surface area contributed by atoms with Gasteiger partial charge in [-0.15, -0.1) is 0 Å². The summed E-state index contributed by atoms with van der Waals surface area (Å²) in [6.07, 6.45) is -2.83. The minimum Gasteiger partial charge on any atom is -0.313 e. The van der Waals surface area contributed by atoms with Gasteiger partial charge in [-0.1, -0.05) is 0 Å². The molecule has 0 aliphatic rings. The van der Waals surface area contributed by atoms with Gasteiger partial charge in [0.05, 0.1) is 5.56 Å². The predicted molar refractivity (Wildman–Crippen MR) is 42.1 cm³/mol. The first-order valence-corrected chi connectivity index (χ1v) is 3.50. The highest BCUT2D eigenvalue weighted by Gasteiger charge is 2.17. The lowest BCUT2D eigenvalue weighted by molar-refractivity contribution is 0.110. The summed E-state index contributed by atoms with van der Waals surface area (Å²) in [4.78, 5) is 23.2. The highest BCUT2D eigenvalue weighted by molar-refractivity contribution is 5.80. The monoisotopic (exact) mass is 198 g/mol. The molecule has 0 unspecified atom stereocenters. The van der Waals surface area contributed by atoms with Gasteiger partial charge in [0, 0.05) is 11.6 Å². The third-order valence-corrected chi connectivity index (χ3v) is 1.58. The van der Waals surface area contributed by atoms with Crippen LogP contribution in [0.4, 0.5) is 8.78 Å². The normalized spacial score (nSPS) is 9.86. The molecule has 1 N–H and O–H groups in total. The van der Waals surface area contributed by atoms with Crippen molar-refractivity contribution in [1.82, 2.24) is 4.98 Å². The number of hydrogen-bond acceptors (Lipinski definition) is 3. The molecular formula is C8H4F2N2O2. The highest BCUT2D eigenvalue weighted by Crippen LogP contribution is 2.21. The van der Waals surface area contributed by atoms with Crippen LogP contribution in [0, 0.1) is 11.3 Å². The zero-order valence-corrected chi connectivity index (χ0v) is 6.75. The van der Waals surface area contributed by atoms with Crippen molar-refractivity contribution in [3.63, 3.8) is 0 Å². The average molecular weight is 198 g/mol. The molecule has 0 fully saturated rings. The second-order valence-electron chi connectivity index (χ2n) is 2.41. The Morgan fingerprint density at radius 2 is 2.21 bits per heavy atom. The van der Waals surface area contributed by atoms with E-state index in [1.165, 1.54) is 6.07 Å². The van der Waals surface area contributed by atoms with E-state index in [9.17, 15) is 18.4 Å². The number of carbonyl (C=O) groups excluding carboxylic acids is 1.